The molecule has 0 saturated carbocycles. The Morgan fingerprint density at radius 2 is 1.36 bits per heavy atom. The van der Waals surface area contributed by atoms with E-state index in [0.29, 0.717) is 55.1 Å². The average Bonchev–Trinajstić information content (AvgIpc) is 3.20. The minimum atomic E-state index is -0.263. The van der Waals surface area contributed by atoms with E-state index >= 15 is 0 Å². The number of ether oxygens (including phenoxy) is 4. The van der Waals surface area contributed by atoms with E-state index in [4.69, 9.17) is 18.9 Å². The van der Waals surface area contributed by atoms with Crippen LogP contribution >= 0.6 is 0 Å². The molecule has 1 amide bonds. The third-order valence-electron chi connectivity index (χ3n) is 5.82. The summed E-state index contributed by atoms with van der Waals surface area (Å²) >= 11 is 0. The number of carbonyl (C=O) groups excluding carboxylic acids is 1. The molecule has 0 spiro atoms. The Balaban J connectivity index is 1.35. The highest BCUT2D eigenvalue weighted by atomic mass is 16.6. The van der Waals surface area contributed by atoms with E-state index in [1.807, 2.05) is 72.8 Å². The molecular formula is C26H22N2O5. The average molecular weight is 442 g/mol. The van der Waals surface area contributed by atoms with Crippen LogP contribution in [0.25, 0.3) is 0 Å². The van der Waals surface area contributed by atoms with E-state index in [2.05, 4.69) is 5.32 Å². The van der Waals surface area contributed by atoms with E-state index in [-0.39, 0.29) is 11.9 Å². The highest BCUT2D eigenvalue weighted by Crippen LogP contribution is 2.41. The third kappa shape index (κ3) is 3.61. The first-order chi connectivity index (χ1) is 16.3. The first-order valence-electron chi connectivity index (χ1n) is 10.9. The minimum absolute atomic E-state index is 0.129. The molecule has 0 bridgehead atoms. The van der Waals surface area contributed by atoms with Gasteiger partial charge in [-0.3, -0.25) is 9.69 Å². The van der Waals surface area contributed by atoms with Crippen LogP contribution in [0.2, 0.25) is 0 Å². The molecule has 3 heterocycles. The van der Waals surface area contributed by atoms with Crippen LogP contribution in [0, 0.1) is 0 Å². The lowest BCUT2D eigenvalue weighted by Gasteiger charge is -2.27. The normalized spacial score (nSPS) is 18.7. The van der Waals surface area contributed by atoms with Crippen molar-refractivity contribution in [3.8, 4) is 23.0 Å². The molecule has 3 aliphatic heterocycles. The summed E-state index contributed by atoms with van der Waals surface area (Å²) < 4.78 is 22.7. The standard InChI is InChI=1S/C26H22N2O5/c29-26-20(27-18-6-8-22-24(14-18)32-12-10-30-22)16-21(17-4-2-1-3-5-17)28(26)19-7-9-23-25(15-19)33-13-11-31-23/h1-9,14-16,21,27H,10-13H2. The van der Waals surface area contributed by atoms with Crippen LogP contribution in [0.5, 0.6) is 23.0 Å². The molecule has 3 aliphatic rings. The van der Waals surface area contributed by atoms with Gasteiger partial charge >= 0.3 is 0 Å². The predicted octanol–water partition coefficient (Wildman–Crippen LogP) is 4.31. The maximum atomic E-state index is 13.6. The molecule has 1 unspecified atom stereocenters. The number of carbonyl (C=O) groups is 1. The van der Waals surface area contributed by atoms with Gasteiger partial charge in [0.2, 0.25) is 0 Å². The summed E-state index contributed by atoms with van der Waals surface area (Å²) in [5.41, 5.74) is 3.01. The van der Waals surface area contributed by atoms with Crippen molar-refractivity contribution in [2.45, 2.75) is 6.04 Å². The van der Waals surface area contributed by atoms with Crippen molar-refractivity contribution in [1.29, 1.82) is 0 Å². The summed E-state index contributed by atoms with van der Waals surface area (Å²) in [6, 6.07) is 20.9. The highest BCUT2D eigenvalue weighted by Gasteiger charge is 2.35. The number of nitrogens with zero attached hydrogens (tertiary/aromatic N) is 1. The molecule has 7 nitrogen and oxygen atoms in total. The van der Waals surface area contributed by atoms with Gasteiger partial charge in [0.15, 0.2) is 23.0 Å². The molecule has 6 rings (SSSR count). The van der Waals surface area contributed by atoms with Gasteiger partial charge in [0.1, 0.15) is 32.1 Å². The molecule has 3 aromatic rings. The molecule has 3 aromatic carbocycles. The molecule has 7 heteroatoms. The van der Waals surface area contributed by atoms with Gasteiger partial charge in [-0.2, -0.15) is 0 Å². The quantitative estimate of drug-likeness (QED) is 0.649. The van der Waals surface area contributed by atoms with E-state index < -0.39 is 0 Å². The second-order valence-corrected chi connectivity index (χ2v) is 7.92. The number of nitrogens with one attached hydrogen (secondary N) is 1. The summed E-state index contributed by atoms with van der Waals surface area (Å²) in [7, 11) is 0. The summed E-state index contributed by atoms with van der Waals surface area (Å²) in [5.74, 6) is 2.58. The van der Waals surface area contributed by atoms with E-state index in [1.54, 1.807) is 4.90 Å². The maximum Gasteiger partial charge on any atom is 0.275 e. The zero-order chi connectivity index (χ0) is 22.2. The van der Waals surface area contributed by atoms with Crippen LogP contribution in [0.4, 0.5) is 11.4 Å². The number of benzene rings is 3. The lowest BCUT2D eigenvalue weighted by Crippen LogP contribution is -2.31. The number of fused-ring (bicyclic) bond motifs is 2. The van der Waals surface area contributed by atoms with Crippen molar-refractivity contribution in [1.82, 2.24) is 0 Å². The number of amides is 1. The Kier molecular flexibility index (Phi) is 4.79. The zero-order valence-corrected chi connectivity index (χ0v) is 17.8. The molecule has 0 radical (unpaired) electrons. The Morgan fingerprint density at radius 3 is 2.09 bits per heavy atom. The van der Waals surface area contributed by atoms with E-state index in [9.17, 15) is 4.79 Å². The van der Waals surface area contributed by atoms with Gasteiger partial charge in [0.25, 0.3) is 5.91 Å². The minimum Gasteiger partial charge on any atom is -0.486 e. The molecule has 0 aliphatic carbocycles. The molecule has 33 heavy (non-hydrogen) atoms. The smallest absolute Gasteiger partial charge is 0.275 e. The number of anilines is 2. The second kappa shape index (κ2) is 8.09. The first-order valence-corrected chi connectivity index (χ1v) is 10.9. The molecule has 0 fully saturated rings. The topological polar surface area (TPSA) is 69.3 Å². The Morgan fingerprint density at radius 1 is 0.727 bits per heavy atom. The van der Waals surface area contributed by atoms with Crippen molar-refractivity contribution in [2.75, 3.05) is 36.6 Å². The van der Waals surface area contributed by atoms with Gasteiger partial charge in [-0.05, 0) is 35.9 Å². The molecule has 166 valence electrons. The van der Waals surface area contributed by atoms with Gasteiger partial charge in [0.05, 0.1) is 6.04 Å². The number of hydrogen-bond acceptors (Lipinski definition) is 6. The van der Waals surface area contributed by atoms with Gasteiger partial charge in [-0.15, -0.1) is 0 Å². The summed E-state index contributed by atoms with van der Waals surface area (Å²) in [6.07, 6.45) is 1.95. The molecular weight excluding hydrogens is 420 g/mol. The fraction of sp³-hybridized carbons (Fsp3) is 0.192. The summed E-state index contributed by atoms with van der Waals surface area (Å²) in [5, 5.41) is 3.28. The van der Waals surface area contributed by atoms with Crippen LogP contribution in [0.3, 0.4) is 0 Å². The van der Waals surface area contributed by atoms with Gasteiger partial charge < -0.3 is 24.3 Å². The zero-order valence-electron chi connectivity index (χ0n) is 17.8. The lowest BCUT2D eigenvalue weighted by molar-refractivity contribution is -0.114. The monoisotopic (exact) mass is 442 g/mol. The Hall–Kier alpha value is -4.13. The number of rotatable bonds is 4. The van der Waals surface area contributed by atoms with Crippen molar-refractivity contribution in [3.05, 3.63) is 84.1 Å². The maximum absolute atomic E-state index is 13.6. The molecule has 0 saturated heterocycles. The van der Waals surface area contributed by atoms with Gasteiger partial charge in [0, 0.05) is 23.5 Å². The van der Waals surface area contributed by atoms with Gasteiger partial charge in [-0.1, -0.05) is 30.3 Å². The fourth-order valence-electron chi connectivity index (χ4n) is 4.29. The van der Waals surface area contributed by atoms with Crippen LogP contribution in [0.15, 0.2) is 78.5 Å². The Bertz CT molecular complexity index is 1240. The Labute approximate surface area is 191 Å². The largest absolute Gasteiger partial charge is 0.486 e. The first kappa shape index (κ1) is 19.5. The van der Waals surface area contributed by atoms with E-state index in [0.717, 1.165) is 16.9 Å². The molecule has 1 N–H and O–H groups in total. The molecule has 1 atom stereocenters. The van der Waals surface area contributed by atoms with Gasteiger partial charge in [-0.25, -0.2) is 0 Å². The van der Waals surface area contributed by atoms with Crippen LogP contribution in [-0.2, 0) is 4.79 Å². The SMILES string of the molecule is O=C1C(Nc2ccc3c(c2)OCCO3)=CC(c2ccccc2)N1c1ccc2c(c1)OCCO2. The summed E-state index contributed by atoms with van der Waals surface area (Å²) in [4.78, 5) is 15.4. The van der Waals surface area contributed by atoms with Crippen molar-refractivity contribution >= 4 is 17.3 Å². The van der Waals surface area contributed by atoms with Crippen LogP contribution in [-0.4, -0.2) is 32.3 Å². The fourth-order valence-corrected chi connectivity index (χ4v) is 4.29. The third-order valence-corrected chi connectivity index (χ3v) is 5.82. The van der Waals surface area contributed by atoms with Crippen LogP contribution in [0.1, 0.15) is 11.6 Å². The lowest BCUT2D eigenvalue weighted by atomic mass is 10.1. The van der Waals surface area contributed by atoms with Crippen LogP contribution < -0.4 is 29.2 Å². The molecule has 0 aromatic heterocycles. The second-order valence-electron chi connectivity index (χ2n) is 7.92. The predicted molar refractivity (Wildman–Crippen MR) is 123 cm³/mol. The highest BCUT2D eigenvalue weighted by molar-refractivity contribution is 6.11. The van der Waals surface area contributed by atoms with E-state index in [1.165, 1.54) is 0 Å². The summed E-state index contributed by atoms with van der Waals surface area (Å²) in [6.45, 7) is 2.05. The van der Waals surface area contributed by atoms with Crippen molar-refractivity contribution in [2.24, 2.45) is 0 Å². The van der Waals surface area contributed by atoms with Crippen molar-refractivity contribution < 1.29 is 23.7 Å². The van der Waals surface area contributed by atoms with Crippen molar-refractivity contribution in [3.63, 3.8) is 0 Å². The number of hydrogen-bond donors (Lipinski definition) is 1.